The third-order valence-corrected chi connectivity index (χ3v) is 4.58. The van der Waals surface area contributed by atoms with Gasteiger partial charge in [0.25, 0.3) is 5.56 Å². The van der Waals surface area contributed by atoms with Crippen LogP contribution in [-0.4, -0.2) is 21.4 Å². The second-order valence-corrected chi connectivity index (χ2v) is 6.48. The number of aromatic amines is 1. The maximum absolute atomic E-state index is 13.3. The van der Waals surface area contributed by atoms with Gasteiger partial charge >= 0.3 is 0 Å². The quantitative estimate of drug-likeness (QED) is 0.877. The SMILES string of the molecule is O=c1[nH]c(C2CC2)nc2c1CN(Cc1cc(F)c(F)c(F)c1)CC2. The van der Waals surface area contributed by atoms with E-state index in [0.717, 1.165) is 36.5 Å². The van der Waals surface area contributed by atoms with Crippen molar-refractivity contribution in [3.05, 3.63) is 62.6 Å². The van der Waals surface area contributed by atoms with E-state index in [4.69, 9.17) is 0 Å². The van der Waals surface area contributed by atoms with Crippen LogP contribution in [0.1, 0.15) is 41.4 Å². The number of hydrogen-bond acceptors (Lipinski definition) is 3. The zero-order valence-electron chi connectivity index (χ0n) is 12.9. The van der Waals surface area contributed by atoms with Gasteiger partial charge in [0.1, 0.15) is 5.82 Å². The fraction of sp³-hybridized carbons (Fsp3) is 0.412. The first-order valence-corrected chi connectivity index (χ1v) is 7.99. The molecule has 0 atom stereocenters. The standard InChI is InChI=1S/C17H16F3N3O/c18-12-5-9(6-13(19)15(12)20)7-23-4-3-14-11(8-23)17(24)22-16(21-14)10-1-2-10/h5-6,10H,1-4,7-8H2,(H,21,22,24). The summed E-state index contributed by atoms with van der Waals surface area (Å²) in [5, 5.41) is 0. The van der Waals surface area contributed by atoms with Crippen LogP contribution in [-0.2, 0) is 19.5 Å². The van der Waals surface area contributed by atoms with Gasteiger partial charge in [-0.1, -0.05) is 0 Å². The molecule has 0 unspecified atom stereocenters. The number of hydrogen-bond donors (Lipinski definition) is 1. The minimum atomic E-state index is -1.46. The van der Waals surface area contributed by atoms with Crippen molar-refractivity contribution < 1.29 is 13.2 Å². The third-order valence-electron chi connectivity index (χ3n) is 4.58. The summed E-state index contributed by atoms with van der Waals surface area (Å²) in [5.74, 6) is -2.70. The molecule has 1 aliphatic heterocycles. The van der Waals surface area contributed by atoms with E-state index < -0.39 is 17.5 Å². The lowest BCUT2D eigenvalue weighted by Crippen LogP contribution is -2.35. The van der Waals surface area contributed by atoms with Crippen LogP contribution in [0.2, 0.25) is 0 Å². The van der Waals surface area contributed by atoms with Gasteiger partial charge in [-0.15, -0.1) is 0 Å². The topological polar surface area (TPSA) is 49.0 Å². The number of benzene rings is 1. The van der Waals surface area contributed by atoms with Crippen molar-refractivity contribution in [3.8, 4) is 0 Å². The van der Waals surface area contributed by atoms with E-state index in [1.165, 1.54) is 0 Å². The molecule has 0 radical (unpaired) electrons. The lowest BCUT2D eigenvalue weighted by atomic mass is 10.1. The van der Waals surface area contributed by atoms with Crippen LogP contribution in [0.15, 0.2) is 16.9 Å². The zero-order valence-corrected chi connectivity index (χ0v) is 12.9. The van der Waals surface area contributed by atoms with Gasteiger partial charge in [-0.25, -0.2) is 18.2 Å². The van der Waals surface area contributed by atoms with E-state index in [1.807, 2.05) is 4.90 Å². The Bertz CT molecular complexity index is 838. The molecular weight excluding hydrogens is 319 g/mol. The molecule has 0 saturated heterocycles. The highest BCUT2D eigenvalue weighted by atomic mass is 19.2. The maximum Gasteiger partial charge on any atom is 0.255 e. The summed E-state index contributed by atoms with van der Waals surface area (Å²) in [6.07, 6.45) is 2.75. The average Bonchev–Trinajstić information content (AvgIpc) is 3.38. The minimum Gasteiger partial charge on any atom is -0.310 e. The van der Waals surface area contributed by atoms with Crippen LogP contribution >= 0.6 is 0 Å². The summed E-state index contributed by atoms with van der Waals surface area (Å²) in [5.41, 5.74) is 1.62. The molecule has 1 fully saturated rings. The Kier molecular flexibility index (Phi) is 3.68. The van der Waals surface area contributed by atoms with Crippen LogP contribution in [0.3, 0.4) is 0 Å². The van der Waals surface area contributed by atoms with Crippen LogP contribution in [0.5, 0.6) is 0 Å². The molecule has 1 saturated carbocycles. The van der Waals surface area contributed by atoms with Crippen LogP contribution in [0.4, 0.5) is 13.2 Å². The van der Waals surface area contributed by atoms with Gasteiger partial charge in [0.2, 0.25) is 0 Å². The van der Waals surface area contributed by atoms with Gasteiger partial charge in [0, 0.05) is 32.0 Å². The molecule has 1 aromatic heterocycles. The van der Waals surface area contributed by atoms with Crippen molar-refractivity contribution >= 4 is 0 Å². The average molecular weight is 335 g/mol. The second kappa shape index (κ2) is 5.73. The van der Waals surface area contributed by atoms with E-state index in [0.29, 0.717) is 36.6 Å². The maximum atomic E-state index is 13.3. The summed E-state index contributed by atoms with van der Waals surface area (Å²) in [6, 6.07) is 1.99. The summed E-state index contributed by atoms with van der Waals surface area (Å²) in [4.78, 5) is 21.6. The van der Waals surface area contributed by atoms with Crippen molar-refractivity contribution in [2.45, 2.75) is 38.3 Å². The van der Waals surface area contributed by atoms with Crippen LogP contribution < -0.4 is 5.56 Å². The molecule has 2 heterocycles. The number of nitrogens with one attached hydrogen (secondary N) is 1. The van der Waals surface area contributed by atoms with Gasteiger partial charge < -0.3 is 4.98 Å². The largest absolute Gasteiger partial charge is 0.310 e. The molecule has 2 aromatic rings. The normalized spacial score (nSPS) is 17.8. The Hall–Kier alpha value is -2.15. The number of H-pyrrole nitrogens is 1. The predicted molar refractivity (Wildman–Crippen MR) is 81.0 cm³/mol. The molecule has 1 aliphatic carbocycles. The molecular formula is C17H16F3N3O. The number of aromatic nitrogens is 2. The van der Waals surface area contributed by atoms with Gasteiger partial charge in [0.05, 0.1) is 11.3 Å². The molecule has 1 N–H and O–H groups in total. The van der Waals surface area contributed by atoms with Crippen molar-refractivity contribution in [1.82, 2.24) is 14.9 Å². The first-order valence-electron chi connectivity index (χ1n) is 7.99. The van der Waals surface area contributed by atoms with E-state index in [9.17, 15) is 18.0 Å². The van der Waals surface area contributed by atoms with Gasteiger partial charge in [-0.3, -0.25) is 9.69 Å². The fourth-order valence-electron chi connectivity index (χ4n) is 3.14. The fourth-order valence-corrected chi connectivity index (χ4v) is 3.14. The Balaban J connectivity index is 1.55. The Morgan fingerprint density at radius 2 is 1.92 bits per heavy atom. The molecule has 24 heavy (non-hydrogen) atoms. The minimum absolute atomic E-state index is 0.136. The van der Waals surface area contributed by atoms with Crippen molar-refractivity contribution in [2.75, 3.05) is 6.54 Å². The number of fused-ring (bicyclic) bond motifs is 1. The van der Waals surface area contributed by atoms with Crippen LogP contribution in [0.25, 0.3) is 0 Å². The molecule has 0 amide bonds. The molecule has 4 nitrogen and oxygen atoms in total. The predicted octanol–water partition coefficient (Wildman–Crippen LogP) is 2.62. The first kappa shape index (κ1) is 15.4. The Morgan fingerprint density at radius 3 is 2.58 bits per heavy atom. The summed E-state index contributed by atoms with van der Waals surface area (Å²) < 4.78 is 39.7. The molecule has 7 heteroatoms. The van der Waals surface area contributed by atoms with E-state index in [1.54, 1.807) is 0 Å². The highest BCUT2D eigenvalue weighted by Crippen LogP contribution is 2.37. The zero-order chi connectivity index (χ0) is 16.8. The van der Waals surface area contributed by atoms with E-state index in [2.05, 4.69) is 9.97 Å². The lowest BCUT2D eigenvalue weighted by Gasteiger charge is -2.27. The molecule has 4 rings (SSSR count). The highest BCUT2D eigenvalue weighted by molar-refractivity contribution is 5.24. The summed E-state index contributed by atoms with van der Waals surface area (Å²) >= 11 is 0. The smallest absolute Gasteiger partial charge is 0.255 e. The highest BCUT2D eigenvalue weighted by Gasteiger charge is 2.29. The van der Waals surface area contributed by atoms with Gasteiger partial charge in [0.15, 0.2) is 17.5 Å². The Morgan fingerprint density at radius 1 is 1.21 bits per heavy atom. The molecule has 0 spiro atoms. The molecule has 2 aliphatic rings. The number of nitrogens with zero attached hydrogens (tertiary/aromatic N) is 2. The first-order chi connectivity index (χ1) is 11.5. The van der Waals surface area contributed by atoms with Gasteiger partial charge in [-0.05, 0) is 30.5 Å². The molecule has 126 valence electrons. The van der Waals surface area contributed by atoms with E-state index in [-0.39, 0.29) is 12.1 Å². The third kappa shape index (κ3) is 2.84. The molecule has 1 aromatic carbocycles. The van der Waals surface area contributed by atoms with Gasteiger partial charge in [-0.2, -0.15) is 0 Å². The lowest BCUT2D eigenvalue weighted by molar-refractivity contribution is 0.240. The number of rotatable bonds is 3. The van der Waals surface area contributed by atoms with Crippen molar-refractivity contribution in [3.63, 3.8) is 0 Å². The number of halogens is 3. The van der Waals surface area contributed by atoms with Crippen molar-refractivity contribution in [2.24, 2.45) is 0 Å². The Labute approximate surface area is 136 Å². The summed E-state index contributed by atoms with van der Waals surface area (Å²) in [6.45, 7) is 1.24. The van der Waals surface area contributed by atoms with E-state index >= 15 is 0 Å². The monoisotopic (exact) mass is 335 g/mol. The second-order valence-electron chi connectivity index (χ2n) is 6.48. The molecule has 0 bridgehead atoms. The van der Waals surface area contributed by atoms with Crippen molar-refractivity contribution in [1.29, 1.82) is 0 Å². The van der Waals surface area contributed by atoms with Crippen LogP contribution in [0, 0.1) is 17.5 Å². The summed E-state index contributed by atoms with van der Waals surface area (Å²) in [7, 11) is 0.